The number of carbonyl (C=O) groups excluding carboxylic acids is 1. The molecule has 2 aromatic heterocycles. The number of fused-ring (bicyclic) bond motifs is 1. The van der Waals surface area contributed by atoms with Crippen LogP contribution in [-0.4, -0.2) is 63.7 Å². The third-order valence-corrected chi connectivity index (χ3v) is 6.29. The number of hydrogen-bond donors (Lipinski definition) is 1. The van der Waals surface area contributed by atoms with E-state index in [1.807, 2.05) is 43.3 Å². The minimum atomic E-state index is -0.363. The predicted molar refractivity (Wildman–Crippen MR) is 130 cm³/mol. The fourth-order valence-corrected chi connectivity index (χ4v) is 4.63. The first kappa shape index (κ1) is 22.0. The summed E-state index contributed by atoms with van der Waals surface area (Å²) in [5.74, 6) is -0.315. The summed E-state index contributed by atoms with van der Waals surface area (Å²) < 4.78 is 15.3. The lowest BCUT2D eigenvalue weighted by atomic mass is 10.1. The van der Waals surface area contributed by atoms with Gasteiger partial charge in [-0.3, -0.25) is 9.59 Å². The number of benzene rings is 2. The van der Waals surface area contributed by atoms with Crippen LogP contribution in [0.3, 0.4) is 0 Å². The van der Waals surface area contributed by atoms with Gasteiger partial charge in [0.2, 0.25) is 0 Å². The second-order valence-electron chi connectivity index (χ2n) is 9.02. The Morgan fingerprint density at radius 1 is 1.18 bits per heavy atom. The second kappa shape index (κ2) is 8.87. The Hall–Kier alpha value is -3.78. The average Bonchev–Trinajstić information content (AvgIpc) is 3.48. The molecule has 8 heteroatoms. The number of halogens is 1. The van der Waals surface area contributed by atoms with Crippen LogP contribution in [-0.2, 0) is 0 Å². The van der Waals surface area contributed by atoms with Gasteiger partial charge < -0.3 is 14.8 Å². The first-order valence-corrected chi connectivity index (χ1v) is 11.3. The molecular weight excluding hydrogens is 433 g/mol. The molecule has 3 heterocycles. The maximum absolute atomic E-state index is 13.6. The van der Waals surface area contributed by atoms with Gasteiger partial charge in [-0.25, -0.2) is 9.07 Å². The summed E-state index contributed by atoms with van der Waals surface area (Å²) in [7, 11) is 4.05. The second-order valence-corrected chi connectivity index (χ2v) is 9.02. The number of hydrogen-bond acceptors (Lipinski definition) is 4. The first-order valence-electron chi connectivity index (χ1n) is 11.3. The highest BCUT2D eigenvalue weighted by Crippen LogP contribution is 2.23. The molecule has 1 amide bonds. The van der Waals surface area contributed by atoms with Crippen LogP contribution < -0.4 is 5.56 Å². The van der Waals surface area contributed by atoms with E-state index in [0.29, 0.717) is 27.6 Å². The van der Waals surface area contributed by atoms with Crippen molar-refractivity contribution in [1.29, 1.82) is 0 Å². The molecule has 0 unspecified atom stereocenters. The van der Waals surface area contributed by atoms with E-state index in [4.69, 9.17) is 0 Å². The molecule has 5 rings (SSSR count). The monoisotopic (exact) mass is 459 g/mol. The van der Waals surface area contributed by atoms with Gasteiger partial charge in [0.15, 0.2) is 0 Å². The summed E-state index contributed by atoms with van der Waals surface area (Å²) in [6.07, 6.45) is 5.41. The average molecular weight is 460 g/mol. The number of rotatable bonds is 5. The van der Waals surface area contributed by atoms with Crippen molar-refractivity contribution in [2.45, 2.75) is 18.9 Å². The number of likely N-dealkylation sites (tertiary alicyclic amines) is 1. The minimum absolute atomic E-state index is 0.0481. The quantitative estimate of drug-likeness (QED) is 0.494. The van der Waals surface area contributed by atoms with Crippen LogP contribution in [0.15, 0.2) is 65.7 Å². The van der Waals surface area contributed by atoms with Crippen molar-refractivity contribution in [3.05, 3.63) is 82.7 Å². The third kappa shape index (κ3) is 4.24. The number of H-pyrrole nitrogens is 1. The van der Waals surface area contributed by atoms with E-state index in [1.54, 1.807) is 29.2 Å². The maximum atomic E-state index is 13.6. The van der Waals surface area contributed by atoms with E-state index in [-0.39, 0.29) is 23.3 Å². The highest BCUT2D eigenvalue weighted by atomic mass is 19.1. The number of aromatic nitrogens is 3. The van der Waals surface area contributed by atoms with Gasteiger partial charge in [0.05, 0.1) is 17.4 Å². The molecule has 0 bridgehead atoms. The molecule has 1 fully saturated rings. The van der Waals surface area contributed by atoms with Crippen LogP contribution in [0.2, 0.25) is 0 Å². The number of amides is 1. The molecule has 2 aromatic carbocycles. The van der Waals surface area contributed by atoms with Crippen molar-refractivity contribution in [2.24, 2.45) is 0 Å². The summed E-state index contributed by atoms with van der Waals surface area (Å²) in [5.41, 5.74) is 2.77. The Kier molecular flexibility index (Phi) is 5.75. The van der Waals surface area contributed by atoms with E-state index in [9.17, 15) is 14.0 Å². The van der Waals surface area contributed by atoms with Crippen LogP contribution in [0.25, 0.3) is 27.7 Å². The molecule has 0 spiro atoms. The van der Waals surface area contributed by atoms with Gasteiger partial charge in [-0.05, 0) is 75.5 Å². The molecule has 34 heavy (non-hydrogen) atoms. The van der Waals surface area contributed by atoms with E-state index in [0.717, 1.165) is 31.6 Å². The Morgan fingerprint density at radius 2 is 1.97 bits per heavy atom. The van der Waals surface area contributed by atoms with Crippen molar-refractivity contribution >= 4 is 16.8 Å². The zero-order chi connectivity index (χ0) is 23.8. The molecule has 1 saturated heterocycles. The Bertz CT molecular complexity index is 1410. The number of carbonyl (C=O) groups is 1. The summed E-state index contributed by atoms with van der Waals surface area (Å²) in [5, 5.41) is 5.00. The van der Waals surface area contributed by atoms with E-state index in [2.05, 4.69) is 15.0 Å². The predicted octanol–water partition coefficient (Wildman–Crippen LogP) is 3.69. The molecule has 4 aromatic rings. The van der Waals surface area contributed by atoms with Gasteiger partial charge in [-0.1, -0.05) is 0 Å². The molecule has 174 valence electrons. The first-order chi connectivity index (χ1) is 16.4. The van der Waals surface area contributed by atoms with Crippen LogP contribution in [0.4, 0.5) is 4.39 Å². The van der Waals surface area contributed by atoms with Crippen molar-refractivity contribution in [3.63, 3.8) is 0 Å². The Morgan fingerprint density at radius 3 is 2.74 bits per heavy atom. The standard InChI is InChI=1S/C26H26FN5O2/c1-30(2)16-22-4-3-11-31(22)26(34)17-5-8-21(9-6-17)32-15-19(14-28-32)23-13-18-12-20(27)7-10-24(18)29-25(23)33/h5-10,12-15,22H,3-4,11,16H2,1-2H3,(H,29,33)/t22-/m1/s1. The molecule has 0 saturated carbocycles. The third-order valence-electron chi connectivity index (χ3n) is 6.29. The molecule has 7 nitrogen and oxygen atoms in total. The zero-order valence-electron chi connectivity index (χ0n) is 19.2. The van der Waals surface area contributed by atoms with E-state index in [1.165, 1.54) is 12.1 Å². The lowest BCUT2D eigenvalue weighted by Gasteiger charge is -2.27. The van der Waals surface area contributed by atoms with Crippen molar-refractivity contribution in [1.82, 2.24) is 24.6 Å². The van der Waals surface area contributed by atoms with Gasteiger partial charge >= 0.3 is 0 Å². The fraction of sp³-hybridized carbons (Fsp3) is 0.269. The lowest BCUT2D eigenvalue weighted by molar-refractivity contribution is 0.0716. The minimum Gasteiger partial charge on any atom is -0.334 e. The van der Waals surface area contributed by atoms with Crippen molar-refractivity contribution < 1.29 is 9.18 Å². The Balaban J connectivity index is 1.38. The molecule has 0 radical (unpaired) electrons. The van der Waals surface area contributed by atoms with Gasteiger partial charge in [0.1, 0.15) is 5.82 Å². The van der Waals surface area contributed by atoms with Gasteiger partial charge in [0, 0.05) is 47.4 Å². The van der Waals surface area contributed by atoms with E-state index < -0.39 is 0 Å². The fourth-order valence-electron chi connectivity index (χ4n) is 4.63. The van der Waals surface area contributed by atoms with E-state index >= 15 is 0 Å². The number of nitrogens with one attached hydrogen (secondary N) is 1. The number of likely N-dealkylation sites (N-methyl/N-ethyl adjacent to an activating group) is 1. The largest absolute Gasteiger partial charge is 0.334 e. The summed E-state index contributed by atoms with van der Waals surface area (Å²) in [4.78, 5) is 32.5. The molecular formula is C26H26FN5O2. The van der Waals surface area contributed by atoms with Crippen LogP contribution in [0.5, 0.6) is 0 Å². The molecule has 1 aliphatic heterocycles. The topological polar surface area (TPSA) is 74.2 Å². The Labute approximate surface area is 196 Å². The van der Waals surface area contributed by atoms with Crippen molar-refractivity contribution in [2.75, 3.05) is 27.2 Å². The van der Waals surface area contributed by atoms with Crippen molar-refractivity contribution in [3.8, 4) is 16.8 Å². The molecule has 0 aliphatic carbocycles. The zero-order valence-corrected chi connectivity index (χ0v) is 19.2. The van der Waals surface area contributed by atoms with Gasteiger partial charge in [0.25, 0.3) is 11.5 Å². The number of aromatic amines is 1. The number of nitrogens with zero attached hydrogens (tertiary/aromatic N) is 4. The lowest BCUT2D eigenvalue weighted by Crippen LogP contribution is -2.41. The summed E-state index contributed by atoms with van der Waals surface area (Å²) in [6, 6.07) is 13.5. The maximum Gasteiger partial charge on any atom is 0.256 e. The smallest absolute Gasteiger partial charge is 0.256 e. The van der Waals surface area contributed by atoms with Crippen LogP contribution in [0, 0.1) is 5.82 Å². The molecule has 1 N–H and O–H groups in total. The summed E-state index contributed by atoms with van der Waals surface area (Å²) in [6.45, 7) is 1.65. The van der Waals surface area contributed by atoms with Crippen LogP contribution in [0.1, 0.15) is 23.2 Å². The normalized spacial score (nSPS) is 16.0. The van der Waals surface area contributed by atoms with Gasteiger partial charge in [-0.2, -0.15) is 5.10 Å². The van der Waals surface area contributed by atoms with Crippen LogP contribution >= 0.6 is 0 Å². The SMILES string of the molecule is CN(C)C[C@H]1CCCN1C(=O)c1ccc(-n2cc(-c3cc4cc(F)ccc4[nH]c3=O)cn2)cc1. The highest BCUT2D eigenvalue weighted by molar-refractivity contribution is 5.94. The highest BCUT2D eigenvalue weighted by Gasteiger charge is 2.29. The van der Waals surface area contributed by atoms with Gasteiger partial charge in [-0.15, -0.1) is 0 Å². The number of pyridine rings is 1. The molecule has 1 aliphatic rings. The molecule has 1 atom stereocenters. The summed E-state index contributed by atoms with van der Waals surface area (Å²) >= 11 is 0.